The van der Waals surface area contributed by atoms with Crippen LogP contribution in [0.15, 0.2) is 103 Å². The van der Waals surface area contributed by atoms with Crippen molar-refractivity contribution in [3.05, 3.63) is 120 Å². The molecule has 3 rings (SSSR count). The Balaban J connectivity index is 2.39. The minimum atomic E-state index is -1.82. The van der Waals surface area contributed by atoms with E-state index in [1.54, 1.807) is 0 Å². The highest BCUT2D eigenvalue weighted by molar-refractivity contribution is 6.70. The van der Waals surface area contributed by atoms with Crippen molar-refractivity contribution in [2.24, 2.45) is 0 Å². The molecular weight excluding hydrogens is 344 g/mol. The molecule has 0 spiro atoms. The molecule has 0 bridgehead atoms. The number of hydrogen-bond donors (Lipinski definition) is 0. The highest BCUT2D eigenvalue weighted by Crippen LogP contribution is 2.46. The first-order valence-corrected chi connectivity index (χ1v) is 12.9. The van der Waals surface area contributed by atoms with E-state index in [0.29, 0.717) is 0 Å². The second-order valence-corrected chi connectivity index (χ2v) is 12.1. The molecule has 0 radical (unpaired) electrons. The van der Waals surface area contributed by atoms with E-state index >= 15 is 0 Å². The summed E-state index contributed by atoms with van der Waals surface area (Å²) in [4.78, 5) is 0. The molecule has 0 fully saturated rings. The lowest BCUT2D eigenvalue weighted by Crippen LogP contribution is -2.38. The van der Waals surface area contributed by atoms with E-state index in [4.69, 9.17) is 4.43 Å². The van der Waals surface area contributed by atoms with Crippen LogP contribution in [0.5, 0.6) is 0 Å². The molecule has 0 saturated carbocycles. The molecule has 0 aliphatic heterocycles. The van der Waals surface area contributed by atoms with Crippen LogP contribution in [0.3, 0.4) is 0 Å². The molecule has 1 nitrogen and oxygen atoms in total. The van der Waals surface area contributed by atoms with E-state index < -0.39 is 13.7 Å². The first kappa shape index (κ1) is 19.2. The van der Waals surface area contributed by atoms with Gasteiger partial charge < -0.3 is 4.43 Å². The second-order valence-electron chi connectivity index (χ2n) is 7.72. The summed E-state index contributed by atoms with van der Waals surface area (Å²) in [5, 5.41) is 0. The Kier molecular flexibility index (Phi) is 5.67. The Morgan fingerprint density at radius 2 is 1.00 bits per heavy atom. The normalized spacial score (nSPS) is 12.7. The molecular formula is C25H28OSi. The quantitative estimate of drug-likeness (QED) is 0.263. The molecule has 0 aliphatic carbocycles. The lowest BCUT2D eigenvalue weighted by Gasteiger charge is -2.40. The summed E-state index contributed by atoms with van der Waals surface area (Å²) in [5.41, 5.74) is 3.18. The van der Waals surface area contributed by atoms with Gasteiger partial charge in [-0.15, -0.1) is 0 Å². The molecule has 27 heavy (non-hydrogen) atoms. The zero-order chi connectivity index (χ0) is 19.3. The Labute approximate surface area is 164 Å². The maximum atomic E-state index is 6.72. The van der Waals surface area contributed by atoms with Gasteiger partial charge in [0, 0.05) is 0 Å². The van der Waals surface area contributed by atoms with E-state index in [0.717, 1.165) is 5.76 Å². The van der Waals surface area contributed by atoms with Gasteiger partial charge >= 0.3 is 0 Å². The highest BCUT2D eigenvalue weighted by Gasteiger charge is 2.42. The van der Waals surface area contributed by atoms with Crippen LogP contribution in [0.4, 0.5) is 0 Å². The van der Waals surface area contributed by atoms with Gasteiger partial charge in [0.2, 0.25) is 8.32 Å². The summed E-state index contributed by atoms with van der Waals surface area (Å²) in [6.07, 6.45) is 2.14. The molecule has 0 unspecified atom stereocenters. The van der Waals surface area contributed by atoms with E-state index in [1.807, 2.05) is 0 Å². The molecule has 2 heteroatoms. The van der Waals surface area contributed by atoms with Crippen LogP contribution >= 0.6 is 0 Å². The molecule has 0 amide bonds. The minimum Gasteiger partial charge on any atom is -0.546 e. The van der Waals surface area contributed by atoms with Gasteiger partial charge in [0.25, 0.3) is 0 Å². The van der Waals surface area contributed by atoms with Crippen molar-refractivity contribution >= 4 is 8.32 Å². The summed E-state index contributed by atoms with van der Waals surface area (Å²) >= 11 is 0. The zero-order valence-corrected chi connectivity index (χ0v) is 17.6. The van der Waals surface area contributed by atoms with Gasteiger partial charge in [0.1, 0.15) is 5.41 Å². The Hall–Kier alpha value is -2.58. The van der Waals surface area contributed by atoms with Gasteiger partial charge in [-0.05, 0) is 49.3 Å². The lowest BCUT2D eigenvalue weighted by atomic mass is 9.68. The smallest absolute Gasteiger partial charge is 0.241 e. The fraction of sp³-hybridized carbons (Fsp3) is 0.200. The van der Waals surface area contributed by atoms with Gasteiger partial charge in [0.15, 0.2) is 0 Å². The van der Waals surface area contributed by atoms with Gasteiger partial charge in [-0.2, -0.15) is 0 Å². The van der Waals surface area contributed by atoms with Crippen molar-refractivity contribution in [2.75, 3.05) is 0 Å². The van der Waals surface area contributed by atoms with Crippen molar-refractivity contribution in [3.63, 3.8) is 0 Å². The lowest BCUT2D eigenvalue weighted by molar-refractivity contribution is 0.357. The number of benzene rings is 3. The predicted molar refractivity (Wildman–Crippen MR) is 117 cm³/mol. The van der Waals surface area contributed by atoms with Crippen LogP contribution in [0, 0.1) is 0 Å². The third kappa shape index (κ3) is 3.91. The van der Waals surface area contributed by atoms with Crippen LogP contribution < -0.4 is 0 Å². The fourth-order valence-corrected chi connectivity index (χ4v) is 4.60. The molecule has 0 atom stereocenters. The topological polar surface area (TPSA) is 9.23 Å². The molecule has 0 aromatic heterocycles. The van der Waals surface area contributed by atoms with Crippen LogP contribution in [0.1, 0.15) is 23.6 Å². The van der Waals surface area contributed by atoms with Gasteiger partial charge in [-0.25, -0.2) is 0 Å². The van der Waals surface area contributed by atoms with Gasteiger partial charge in [-0.1, -0.05) is 91.0 Å². The molecule has 3 aromatic carbocycles. The Morgan fingerprint density at radius 3 is 1.26 bits per heavy atom. The maximum Gasteiger partial charge on any atom is 0.241 e. The van der Waals surface area contributed by atoms with Crippen molar-refractivity contribution < 1.29 is 4.43 Å². The van der Waals surface area contributed by atoms with Crippen molar-refractivity contribution in [2.45, 2.75) is 32.0 Å². The van der Waals surface area contributed by atoms with E-state index in [-0.39, 0.29) is 0 Å². The minimum absolute atomic E-state index is 0.473. The summed E-state index contributed by atoms with van der Waals surface area (Å²) in [5.74, 6) is 1.00. The molecule has 0 N–H and O–H groups in total. The van der Waals surface area contributed by atoms with Gasteiger partial charge in [0.05, 0.1) is 5.76 Å². The van der Waals surface area contributed by atoms with Crippen molar-refractivity contribution in [1.29, 1.82) is 0 Å². The highest BCUT2D eigenvalue weighted by atomic mass is 28.4. The zero-order valence-electron chi connectivity index (χ0n) is 16.6. The number of rotatable bonds is 6. The standard InChI is InChI=1S/C25H28OSi/c1-5-24(26-27(2,3)4)25(21-15-9-6-10-16-21,22-17-11-7-12-18-22)23-19-13-8-14-20-23/h5-20H,1-4H3/b24-5-. The molecule has 3 aromatic rings. The van der Waals surface area contributed by atoms with E-state index in [1.165, 1.54) is 16.7 Å². The summed E-state index contributed by atoms with van der Waals surface area (Å²) in [7, 11) is -1.82. The first-order chi connectivity index (χ1) is 13.0. The Bertz CT molecular complexity index is 781. The average molecular weight is 373 g/mol. The summed E-state index contributed by atoms with van der Waals surface area (Å²) in [6.45, 7) is 8.80. The van der Waals surface area contributed by atoms with Crippen LogP contribution in [0.2, 0.25) is 19.6 Å². The maximum absolute atomic E-state index is 6.72. The molecule has 0 aliphatic rings. The van der Waals surface area contributed by atoms with Crippen LogP contribution in [-0.2, 0) is 9.84 Å². The molecule has 0 heterocycles. The van der Waals surface area contributed by atoms with Crippen molar-refractivity contribution in [3.8, 4) is 0 Å². The van der Waals surface area contributed by atoms with Crippen LogP contribution in [0.25, 0.3) is 0 Å². The number of hydrogen-bond acceptors (Lipinski definition) is 1. The first-order valence-electron chi connectivity index (χ1n) is 9.51. The molecule has 0 saturated heterocycles. The monoisotopic (exact) mass is 372 g/mol. The SMILES string of the molecule is C/C=C(\O[Si](C)(C)C)C(c1ccccc1)(c1ccccc1)c1ccccc1. The third-order valence-corrected chi connectivity index (χ3v) is 5.50. The third-order valence-electron chi connectivity index (χ3n) is 4.67. The second kappa shape index (κ2) is 7.97. The largest absolute Gasteiger partial charge is 0.546 e. The summed E-state index contributed by atoms with van der Waals surface area (Å²) in [6, 6.07) is 32.1. The van der Waals surface area contributed by atoms with Crippen molar-refractivity contribution in [1.82, 2.24) is 0 Å². The van der Waals surface area contributed by atoms with E-state index in [9.17, 15) is 0 Å². The van der Waals surface area contributed by atoms with E-state index in [2.05, 4.69) is 124 Å². The molecule has 138 valence electrons. The Morgan fingerprint density at radius 1 is 0.667 bits per heavy atom. The van der Waals surface area contributed by atoms with Gasteiger partial charge in [-0.3, -0.25) is 0 Å². The average Bonchev–Trinajstić information content (AvgIpc) is 2.69. The fourth-order valence-electron chi connectivity index (χ4n) is 3.67. The predicted octanol–water partition coefficient (Wildman–Crippen LogP) is 6.78. The number of allylic oxidation sites excluding steroid dienone is 2. The van der Waals surface area contributed by atoms with Crippen LogP contribution in [-0.4, -0.2) is 8.32 Å². The summed E-state index contributed by atoms with van der Waals surface area (Å²) < 4.78 is 6.72.